The summed E-state index contributed by atoms with van der Waals surface area (Å²) in [5.74, 6) is 0.518. The quantitative estimate of drug-likeness (QED) is 0.807. The lowest BCUT2D eigenvalue weighted by Gasteiger charge is -2.36. The maximum Gasteiger partial charge on any atom is 0.226 e. The van der Waals surface area contributed by atoms with Crippen molar-refractivity contribution in [2.24, 2.45) is 11.8 Å². The summed E-state index contributed by atoms with van der Waals surface area (Å²) in [4.78, 5) is 33.5. The van der Waals surface area contributed by atoms with Gasteiger partial charge in [0.2, 0.25) is 11.8 Å². The highest BCUT2D eigenvalue weighted by atomic mass is 16.5. The fourth-order valence-electron chi connectivity index (χ4n) is 3.78. The Labute approximate surface area is 170 Å². The molecule has 152 valence electrons. The van der Waals surface area contributed by atoms with Crippen LogP contribution in [-0.4, -0.2) is 55.0 Å². The summed E-state index contributed by atoms with van der Waals surface area (Å²) in [6.07, 6.45) is 2.35. The van der Waals surface area contributed by atoms with E-state index in [0.717, 1.165) is 30.2 Å². The van der Waals surface area contributed by atoms with E-state index in [-0.39, 0.29) is 23.7 Å². The summed E-state index contributed by atoms with van der Waals surface area (Å²) in [6.45, 7) is 3.35. The van der Waals surface area contributed by atoms with Gasteiger partial charge < -0.3 is 19.9 Å². The minimum Gasteiger partial charge on any atom is -0.497 e. The fourth-order valence-corrected chi connectivity index (χ4v) is 3.78. The van der Waals surface area contributed by atoms with Crippen molar-refractivity contribution in [3.8, 4) is 5.75 Å². The van der Waals surface area contributed by atoms with Crippen LogP contribution >= 0.6 is 0 Å². The van der Waals surface area contributed by atoms with E-state index < -0.39 is 0 Å². The molecule has 0 bridgehead atoms. The first-order valence-electron chi connectivity index (χ1n) is 10.0. The second kappa shape index (κ2) is 8.51. The van der Waals surface area contributed by atoms with Crippen LogP contribution in [0.15, 0.2) is 48.7 Å². The van der Waals surface area contributed by atoms with Gasteiger partial charge in [-0.05, 0) is 42.8 Å². The Kier molecular flexibility index (Phi) is 5.64. The number of nitrogens with zero attached hydrogens (tertiary/aromatic N) is 3. The molecule has 4 rings (SSSR count). The summed E-state index contributed by atoms with van der Waals surface area (Å²) in [7, 11) is 1.66. The van der Waals surface area contributed by atoms with Crippen molar-refractivity contribution in [2.45, 2.75) is 13.0 Å². The monoisotopic (exact) mass is 394 g/mol. The van der Waals surface area contributed by atoms with Gasteiger partial charge in [-0.25, -0.2) is 0 Å². The number of pyridine rings is 1. The second-order valence-electron chi connectivity index (χ2n) is 7.50. The lowest BCUT2D eigenvalue weighted by molar-refractivity contribution is -0.135. The SMILES string of the molecule is COc1ccc(N2CCN(C(=O)C3CC3C(=O)NCc3ccccn3)CC2)cc1. The van der Waals surface area contributed by atoms with Gasteiger partial charge in [-0.15, -0.1) is 0 Å². The number of hydrogen-bond donors (Lipinski definition) is 1. The van der Waals surface area contributed by atoms with Crippen LogP contribution in [-0.2, 0) is 16.1 Å². The molecule has 1 aliphatic carbocycles. The van der Waals surface area contributed by atoms with Crippen molar-refractivity contribution in [2.75, 3.05) is 38.2 Å². The van der Waals surface area contributed by atoms with Gasteiger partial charge in [0, 0.05) is 38.1 Å². The Morgan fingerprint density at radius 2 is 1.83 bits per heavy atom. The molecule has 1 aromatic heterocycles. The number of carbonyl (C=O) groups is 2. The number of amides is 2. The van der Waals surface area contributed by atoms with Gasteiger partial charge >= 0.3 is 0 Å². The summed E-state index contributed by atoms with van der Waals surface area (Å²) < 4.78 is 5.20. The van der Waals surface area contributed by atoms with Crippen LogP contribution in [0.25, 0.3) is 0 Å². The zero-order chi connectivity index (χ0) is 20.2. The Balaban J connectivity index is 1.23. The molecular formula is C22H26N4O3. The van der Waals surface area contributed by atoms with Crippen LogP contribution in [0.2, 0.25) is 0 Å². The zero-order valence-corrected chi connectivity index (χ0v) is 16.6. The lowest BCUT2D eigenvalue weighted by Crippen LogP contribution is -2.49. The molecule has 7 nitrogen and oxygen atoms in total. The number of anilines is 1. The highest BCUT2D eigenvalue weighted by Gasteiger charge is 2.49. The topological polar surface area (TPSA) is 74.8 Å². The Hall–Kier alpha value is -3.09. The Bertz CT molecular complexity index is 848. The predicted molar refractivity (Wildman–Crippen MR) is 109 cm³/mol. The molecule has 1 saturated heterocycles. The van der Waals surface area contributed by atoms with Crippen molar-refractivity contribution in [3.63, 3.8) is 0 Å². The molecule has 1 N–H and O–H groups in total. The van der Waals surface area contributed by atoms with E-state index in [9.17, 15) is 9.59 Å². The largest absolute Gasteiger partial charge is 0.497 e. The third-order valence-electron chi connectivity index (χ3n) is 5.64. The van der Waals surface area contributed by atoms with Crippen molar-refractivity contribution >= 4 is 17.5 Å². The molecule has 2 aliphatic rings. The molecule has 1 aliphatic heterocycles. The molecule has 0 spiro atoms. The van der Waals surface area contributed by atoms with Gasteiger partial charge in [0.15, 0.2) is 0 Å². The molecule has 1 aromatic carbocycles. The smallest absolute Gasteiger partial charge is 0.226 e. The number of aromatic nitrogens is 1. The van der Waals surface area contributed by atoms with Crippen LogP contribution in [0.3, 0.4) is 0 Å². The third kappa shape index (κ3) is 4.50. The van der Waals surface area contributed by atoms with Crippen molar-refractivity contribution in [1.82, 2.24) is 15.2 Å². The van der Waals surface area contributed by atoms with Gasteiger partial charge in [0.1, 0.15) is 5.75 Å². The molecule has 2 amide bonds. The van der Waals surface area contributed by atoms with Gasteiger partial charge in [0.05, 0.1) is 31.2 Å². The maximum atomic E-state index is 12.8. The first-order chi connectivity index (χ1) is 14.2. The zero-order valence-electron chi connectivity index (χ0n) is 16.6. The minimum atomic E-state index is -0.203. The summed E-state index contributed by atoms with van der Waals surface area (Å²) in [6, 6.07) is 13.6. The number of benzene rings is 1. The molecule has 2 fully saturated rings. The predicted octanol–water partition coefficient (Wildman–Crippen LogP) is 1.69. The van der Waals surface area contributed by atoms with Gasteiger partial charge in [-0.3, -0.25) is 14.6 Å². The first kappa shape index (κ1) is 19.2. The van der Waals surface area contributed by atoms with Crippen LogP contribution in [0.5, 0.6) is 5.75 Å². The van der Waals surface area contributed by atoms with Gasteiger partial charge in [0.25, 0.3) is 0 Å². The summed E-state index contributed by atoms with van der Waals surface area (Å²) in [5.41, 5.74) is 1.95. The first-order valence-corrected chi connectivity index (χ1v) is 10.0. The molecule has 2 atom stereocenters. The number of methoxy groups -OCH3 is 1. The number of carbonyl (C=O) groups excluding carboxylic acids is 2. The number of piperazine rings is 1. The van der Waals surface area contributed by atoms with E-state index in [2.05, 4.69) is 15.2 Å². The van der Waals surface area contributed by atoms with E-state index in [0.29, 0.717) is 26.1 Å². The third-order valence-corrected chi connectivity index (χ3v) is 5.64. The fraction of sp³-hybridized carbons (Fsp3) is 0.409. The van der Waals surface area contributed by atoms with Crippen LogP contribution < -0.4 is 15.0 Å². The van der Waals surface area contributed by atoms with E-state index in [4.69, 9.17) is 4.74 Å². The number of ether oxygens (including phenoxy) is 1. The summed E-state index contributed by atoms with van der Waals surface area (Å²) in [5, 5.41) is 2.90. The van der Waals surface area contributed by atoms with Crippen LogP contribution in [0.1, 0.15) is 12.1 Å². The highest BCUT2D eigenvalue weighted by molar-refractivity contribution is 5.92. The average Bonchev–Trinajstić information content (AvgIpc) is 3.59. The number of nitrogens with one attached hydrogen (secondary N) is 1. The lowest BCUT2D eigenvalue weighted by atomic mass is 10.2. The van der Waals surface area contributed by atoms with Gasteiger partial charge in [-0.1, -0.05) is 6.07 Å². The number of hydrogen-bond acceptors (Lipinski definition) is 5. The van der Waals surface area contributed by atoms with Crippen LogP contribution in [0.4, 0.5) is 5.69 Å². The minimum absolute atomic E-state index is 0.0501. The Morgan fingerprint density at radius 3 is 2.48 bits per heavy atom. The highest BCUT2D eigenvalue weighted by Crippen LogP contribution is 2.40. The molecule has 0 radical (unpaired) electrons. The van der Waals surface area contributed by atoms with Crippen molar-refractivity contribution < 1.29 is 14.3 Å². The molecular weight excluding hydrogens is 368 g/mol. The molecule has 2 heterocycles. The molecule has 2 aromatic rings. The molecule has 29 heavy (non-hydrogen) atoms. The van der Waals surface area contributed by atoms with E-state index in [1.54, 1.807) is 13.3 Å². The maximum absolute atomic E-state index is 12.8. The van der Waals surface area contributed by atoms with Crippen molar-refractivity contribution in [1.29, 1.82) is 0 Å². The summed E-state index contributed by atoms with van der Waals surface area (Å²) >= 11 is 0. The molecule has 1 saturated carbocycles. The van der Waals surface area contributed by atoms with E-state index >= 15 is 0 Å². The van der Waals surface area contributed by atoms with Crippen LogP contribution in [0, 0.1) is 11.8 Å². The van der Waals surface area contributed by atoms with Gasteiger partial charge in [-0.2, -0.15) is 0 Å². The van der Waals surface area contributed by atoms with Crippen molar-refractivity contribution in [3.05, 3.63) is 54.4 Å². The number of rotatable bonds is 6. The standard InChI is InChI=1S/C22H26N4O3/c1-29-18-7-5-17(6-8-18)25-10-12-26(13-11-25)22(28)20-14-19(20)21(27)24-15-16-4-2-3-9-23-16/h2-9,19-20H,10-15H2,1H3,(H,24,27). The Morgan fingerprint density at radius 1 is 1.07 bits per heavy atom. The second-order valence-corrected chi connectivity index (χ2v) is 7.50. The van der Waals surface area contributed by atoms with E-state index in [1.807, 2.05) is 47.4 Å². The molecule has 2 unspecified atom stereocenters. The molecule has 7 heteroatoms. The van der Waals surface area contributed by atoms with E-state index in [1.165, 1.54) is 0 Å². The average molecular weight is 394 g/mol. The normalized spacial score (nSPS) is 20.9.